The van der Waals surface area contributed by atoms with E-state index in [1.54, 1.807) is 12.0 Å². The second kappa shape index (κ2) is 6.72. The number of hydrogen-bond acceptors (Lipinski definition) is 3. The number of nitrogens with zero attached hydrogens (tertiary/aromatic N) is 1. The number of benzene rings is 1. The lowest BCUT2D eigenvalue weighted by Gasteiger charge is -2.17. The molecule has 0 aromatic heterocycles. The van der Waals surface area contributed by atoms with Crippen LogP contribution in [0.25, 0.3) is 0 Å². The molecule has 2 unspecified atom stereocenters. The van der Waals surface area contributed by atoms with Crippen LogP contribution in [0.5, 0.6) is 0 Å². The number of carbonyl (C=O) groups excluding carboxylic acids is 1. The van der Waals surface area contributed by atoms with E-state index in [1.807, 2.05) is 31.3 Å². The Labute approximate surface area is 120 Å². The second-order valence-corrected chi connectivity index (χ2v) is 5.15. The van der Waals surface area contributed by atoms with Gasteiger partial charge in [0.05, 0.1) is 6.10 Å². The van der Waals surface area contributed by atoms with Crippen molar-refractivity contribution in [3.05, 3.63) is 29.8 Å². The van der Waals surface area contributed by atoms with Crippen LogP contribution in [0.4, 0.5) is 10.5 Å². The normalized spacial score (nSPS) is 19.9. The van der Waals surface area contributed by atoms with Crippen LogP contribution in [-0.2, 0) is 4.74 Å². The molecule has 2 atom stereocenters. The molecule has 0 saturated carbocycles. The summed E-state index contributed by atoms with van der Waals surface area (Å²) in [5, 5.41) is 6.11. The van der Waals surface area contributed by atoms with Crippen LogP contribution in [0.1, 0.15) is 24.9 Å². The number of hydrogen-bond donors (Lipinski definition) is 2. The van der Waals surface area contributed by atoms with Crippen molar-refractivity contribution < 1.29 is 9.53 Å². The first-order valence-corrected chi connectivity index (χ1v) is 7.00. The summed E-state index contributed by atoms with van der Waals surface area (Å²) in [6.45, 7) is 3.51. The Hall–Kier alpha value is -1.59. The maximum atomic E-state index is 12.1. The molecule has 0 spiro atoms. The number of rotatable bonds is 4. The monoisotopic (exact) mass is 277 g/mol. The lowest BCUT2D eigenvalue weighted by molar-refractivity contribution is 0.111. The van der Waals surface area contributed by atoms with Crippen molar-refractivity contribution in [2.24, 2.45) is 0 Å². The zero-order valence-electron chi connectivity index (χ0n) is 12.3. The van der Waals surface area contributed by atoms with Crippen LogP contribution in [0, 0.1) is 0 Å². The van der Waals surface area contributed by atoms with E-state index in [0.29, 0.717) is 12.6 Å². The van der Waals surface area contributed by atoms with E-state index in [0.717, 1.165) is 18.7 Å². The predicted octanol–water partition coefficient (Wildman–Crippen LogP) is 2.22. The smallest absolute Gasteiger partial charge is 0.321 e. The summed E-state index contributed by atoms with van der Waals surface area (Å²) in [5.41, 5.74) is 2.02. The fraction of sp³-hybridized carbons (Fsp3) is 0.533. The van der Waals surface area contributed by atoms with E-state index >= 15 is 0 Å². The molecule has 20 heavy (non-hydrogen) atoms. The number of anilines is 1. The predicted molar refractivity (Wildman–Crippen MR) is 79.9 cm³/mol. The zero-order chi connectivity index (χ0) is 14.5. The van der Waals surface area contributed by atoms with Gasteiger partial charge in [-0.2, -0.15) is 0 Å². The Morgan fingerprint density at radius 2 is 2.10 bits per heavy atom. The van der Waals surface area contributed by atoms with Crippen LogP contribution in [0.3, 0.4) is 0 Å². The molecule has 5 nitrogen and oxygen atoms in total. The van der Waals surface area contributed by atoms with Crippen LogP contribution >= 0.6 is 0 Å². The number of methoxy groups -OCH3 is 1. The quantitative estimate of drug-likeness (QED) is 0.887. The second-order valence-electron chi connectivity index (χ2n) is 5.15. The number of urea groups is 1. The highest BCUT2D eigenvalue weighted by Gasteiger charge is 2.25. The number of nitrogens with one attached hydrogen (secondary N) is 2. The third-order valence-electron chi connectivity index (χ3n) is 3.86. The molecule has 0 bridgehead atoms. The van der Waals surface area contributed by atoms with Gasteiger partial charge in [0.15, 0.2) is 0 Å². The molecule has 110 valence electrons. The van der Waals surface area contributed by atoms with Gasteiger partial charge < -0.3 is 20.3 Å². The molecule has 2 N–H and O–H groups in total. The fourth-order valence-corrected chi connectivity index (χ4v) is 2.33. The maximum absolute atomic E-state index is 12.1. The molecule has 0 radical (unpaired) electrons. The van der Waals surface area contributed by atoms with Crippen LogP contribution in [-0.4, -0.2) is 44.3 Å². The van der Waals surface area contributed by atoms with Crippen LogP contribution in [0.2, 0.25) is 0 Å². The molecule has 5 heteroatoms. The van der Waals surface area contributed by atoms with E-state index in [4.69, 9.17) is 4.74 Å². The molecule has 1 aliphatic heterocycles. The Morgan fingerprint density at radius 1 is 1.40 bits per heavy atom. The van der Waals surface area contributed by atoms with Crippen LogP contribution < -0.4 is 10.6 Å². The summed E-state index contributed by atoms with van der Waals surface area (Å²) >= 11 is 0. The highest BCUT2D eigenvalue weighted by atomic mass is 16.5. The highest BCUT2D eigenvalue weighted by molar-refractivity contribution is 5.89. The van der Waals surface area contributed by atoms with Gasteiger partial charge in [0, 0.05) is 31.9 Å². The molecule has 2 amide bonds. The number of amides is 2. The molecule has 2 rings (SSSR count). The van der Waals surface area contributed by atoms with Gasteiger partial charge in [0.2, 0.25) is 0 Å². The largest absolute Gasteiger partial charge is 0.380 e. The summed E-state index contributed by atoms with van der Waals surface area (Å²) in [7, 11) is 3.62. The van der Waals surface area contributed by atoms with E-state index < -0.39 is 0 Å². The van der Waals surface area contributed by atoms with Gasteiger partial charge in [-0.1, -0.05) is 12.1 Å². The lowest BCUT2D eigenvalue weighted by Crippen LogP contribution is -2.33. The number of ether oxygens (including phenoxy) is 1. The van der Waals surface area contributed by atoms with Crippen molar-refractivity contribution in [1.29, 1.82) is 0 Å². The van der Waals surface area contributed by atoms with Gasteiger partial charge in [-0.15, -0.1) is 0 Å². The van der Waals surface area contributed by atoms with Gasteiger partial charge >= 0.3 is 6.03 Å². The molecular weight excluding hydrogens is 254 g/mol. The standard InChI is InChI=1S/C15H23N3O2/c1-11(16-2)12-4-6-13(7-5-12)17-15(19)18-9-8-14(10-18)20-3/h4-7,11,14,16H,8-10H2,1-3H3,(H,17,19). The van der Waals surface area contributed by atoms with Crippen molar-refractivity contribution in [1.82, 2.24) is 10.2 Å². The molecule has 1 saturated heterocycles. The summed E-state index contributed by atoms with van der Waals surface area (Å²) in [6, 6.07) is 8.17. The minimum absolute atomic E-state index is 0.0565. The van der Waals surface area contributed by atoms with E-state index in [2.05, 4.69) is 17.6 Å². The van der Waals surface area contributed by atoms with Crippen molar-refractivity contribution in [2.75, 3.05) is 32.6 Å². The molecule has 1 heterocycles. The third-order valence-corrected chi connectivity index (χ3v) is 3.86. The van der Waals surface area contributed by atoms with Crippen LogP contribution in [0.15, 0.2) is 24.3 Å². The molecule has 1 aromatic rings. The van der Waals surface area contributed by atoms with E-state index in [-0.39, 0.29) is 12.1 Å². The van der Waals surface area contributed by atoms with E-state index in [9.17, 15) is 4.79 Å². The van der Waals surface area contributed by atoms with Gasteiger partial charge in [-0.3, -0.25) is 0 Å². The van der Waals surface area contributed by atoms with Crippen molar-refractivity contribution in [2.45, 2.75) is 25.5 Å². The molecule has 1 aromatic carbocycles. The van der Waals surface area contributed by atoms with E-state index in [1.165, 1.54) is 5.56 Å². The lowest BCUT2D eigenvalue weighted by atomic mass is 10.1. The Morgan fingerprint density at radius 3 is 2.65 bits per heavy atom. The van der Waals surface area contributed by atoms with Crippen molar-refractivity contribution in [3.8, 4) is 0 Å². The average Bonchev–Trinajstić information content (AvgIpc) is 2.96. The summed E-state index contributed by atoms with van der Waals surface area (Å²) in [5.74, 6) is 0. The number of likely N-dealkylation sites (tertiary alicyclic amines) is 1. The zero-order valence-corrected chi connectivity index (χ0v) is 12.3. The van der Waals surface area contributed by atoms with Gasteiger partial charge in [0.1, 0.15) is 0 Å². The van der Waals surface area contributed by atoms with Crippen molar-refractivity contribution in [3.63, 3.8) is 0 Å². The fourth-order valence-electron chi connectivity index (χ4n) is 2.33. The Balaban J connectivity index is 1.91. The SMILES string of the molecule is CNC(C)c1ccc(NC(=O)N2CCC(OC)C2)cc1. The van der Waals surface area contributed by atoms with Gasteiger partial charge in [-0.25, -0.2) is 4.79 Å². The third kappa shape index (κ3) is 3.49. The summed E-state index contributed by atoms with van der Waals surface area (Å²) in [4.78, 5) is 13.9. The molecule has 1 aliphatic rings. The minimum Gasteiger partial charge on any atom is -0.380 e. The number of carbonyl (C=O) groups is 1. The maximum Gasteiger partial charge on any atom is 0.321 e. The molecule has 1 fully saturated rings. The first-order valence-electron chi connectivity index (χ1n) is 7.00. The summed E-state index contributed by atoms with van der Waals surface area (Å²) < 4.78 is 5.27. The van der Waals surface area contributed by atoms with Crippen molar-refractivity contribution >= 4 is 11.7 Å². The first kappa shape index (κ1) is 14.8. The highest BCUT2D eigenvalue weighted by Crippen LogP contribution is 2.17. The first-order chi connectivity index (χ1) is 9.63. The molecule has 0 aliphatic carbocycles. The topological polar surface area (TPSA) is 53.6 Å². The molecular formula is C15H23N3O2. The summed E-state index contributed by atoms with van der Waals surface area (Å²) in [6.07, 6.45) is 1.07. The average molecular weight is 277 g/mol. The Kier molecular flexibility index (Phi) is 4.98. The van der Waals surface area contributed by atoms with Gasteiger partial charge in [-0.05, 0) is 38.1 Å². The van der Waals surface area contributed by atoms with Gasteiger partial charge in [0.25, 0.3) is 0 Å². The minimum atomic E-state index is -0.0565. The Bertz CT molecular complexity index is 447.